The second-order valence-electron chi connectivity index (χ2n) is 6.69. The van der Waals surface area contributed by atoms with Gasteiger partial charge in [0.25, 0.3) is 5.91 Å². The van der Waals surface area contributed by atoms with Crippen molar-refractivity contribution in [3.63, 3.8) is 0 Å². The largest absolute Gasteiger partial charge is 0.487 e. The van der Waals surface area contributed by atoms with Gasteiger partial charge in [0.05, 0.1) is 16.7 Å². The average Bonchev–Trinajstić information content (AvgIpc) is 3.17. The van der Waals surface area contributed by atoms with Crippen molar-refractivity contribution in [3.8, 4) is 5.75 Å². The Hall–Kier alpha value is -2.37. The Morgan fingerprint density at radius 1 is 1.22 bits per heavy atom. The molecule has 27 heavy (non-hydrogen) atoms. The maximum atomic E-state index is 12.9. The van der Waals surface area contributed by atoms with Crippen LogP contribution in [0.1, 0.15) is 40.9 Å². The molecule has 0 bridgehead atoms. The van der Waals surface area contributed by atoms with Crippen LogP contribution in [0.2, 0.25) is 5.02 Å². The lowest BCUT2D eigenvalue weighted by atomic mass is 9.71. The molecule has 1 heterocycles. The number of thiazole rings is 1. The minimum atomic E-state index is -0.306. The van der Waals surface area contributed by atoms with Crippen LogP contribution in [0.25, 0.3) is 0 Å². The first-order chi connectivity index (χ1) is 13.1. The van der Waals surface area contributed by atoms with E-state index in [2.05, 4.69) is 10.3 Å². The van der Waals surface area contributed by atoms with Gasteiger partial charge in [-0.25, -0.2) is 4.98 Å². The second-order valence-corrected chi connectivity index (χ2v) is 7.85. The van der Waals surface area contributed by atoms with E-state index in [9.17, 15) is 4.79 Å². The molecule has 6 heteroatoms. The van der Waals surface area contributed by atoms with Gasteiger partial charge in [0.1, 0.15) is 12.4 Å². The molecule has 0 unspecified atom stereocenters. The first-order valence-corrected chi connectivity index (χ1v) is 10.2. The van der Waals surface area contributed by atoms with E-state index in [0.717, 1.165) is 30.5 Å². The number of hydrogen-bond acceptors (Lipinski definition) is 4. The number of hydrogen-bond donors (Lipinski definition) is 1. The molecule has 1 aromatic heterocycles. The van der Waals surface area contributed by atoms with E-state index in [1.54, 1.807) is 17.6 Å². The number of nitrogens with one attached hydrogen (secondary N) is 1. The van der Waals surface area contributed by atoms with Gasteiger partial charge >= 0.3 is 0 Å². The fourth-order valence-electron chi connectivity index (χ4n) is 3.27. The maximum absolute atomic E-state index is 12.9. The summed E-state index contributed by atoms with van der Waals surface area (Å²) in [4.78, 5) is 17.1. The molecule has 4 rings (SSSR count). The molecule has 0 saturated heterocycles. The molecule has 0 radical (unpaired) electrons. The van der Waals surface area contributed by atoms with Gasteiger partial charge in [-0.1, -0.05) is 29.8 Å². The third kappa shape index (κ3) is 3.99. The van der Waals surface area contributed by atoms with E-state index in [-0.39, 0.29) is 11.4 Å². The highest BCUT2D eigenvalue weighted by Gasteiger charge is 2.40. The number of ether oxygens (including phenoxy) is 1. The zero-order valence-electron chi connectivity index (χ0n) is 14.7. The lowest BCUT2D eigenvalue weighted by Crippen LogP contribution is -2.50. The molecule has 3 aromatic rings. The van der Waals surface area contributed by atoms with Crippen LogP contribution in [0.5, 0.6) is 5.75 Å². The molecule has 1 saturated carbocycles. The van der Waals surface area contributed by atoms with Crippen LogP contribution in [0.4, 0.5) is 0 Å². The molecule has 1 N–H and O–H groups in total. The van der Waals surface area contributed by atoms with Crippen LogP contribution in [-0.4, -0.2) is 10.9 Å². The quantitative estimate of drug-likeness (QED) is 0.622. The van der Waals surface area contributed by atoms with Crippen LogP contribution in [-0.2, 0) is 12.1 Å². The van der Waals surface area contributed by atoms with E-state index in [1.165, 1.54) is 11.3 Å². The van der Waals surface area contributed by atoms with Crippen molar-refractivity contribution in [2.75, 3.05) is 0 Å². The minimum Gasteiger partial charge on any atom is -0.487 e. The number of nitrogens with zero attached hydrogens (tertiary/aromatic N) is 1. The molecule has 0 atom stereocenters. The molecule has 0 aliphatic heterocycles. The van der Waals surface area contributed by atoms with Gasteiger partial charge in [0, 0.05) is 16.0 Å². The Kier molecular flexibility index (Phi) is 5.14. The summed E-state index contributed by atoms with van der Waals surface area (Å²) in [6.45, 7) is 0.392. The number of halogens is 1. The van der Waals surface area contributed by atoms with Gasteiger partial charge in [-0.2, -0.15) is 0 Å². The third-order valence-corrected chi connectivity index (χ3v) is 5.81. The van der Waals surface area contributed by atoms with Gasteiger partial charge in [0.15, 0.2) is 0 Å². The number of carbonyl (C=O) groups is 1. The van der Waals surface area contributed by atoms with Crippen LogP contribution in [0.15, 0.2) is 59.4 Å². The van der Waals surface area contributed by atoms with Crippen LogP contribution < -0.4 is 10.1 Å². The SMILES string of the molecule is O=C(NC1(c2ccc(Cl)cc2)CCC1)c1cccc(OCc2cscn2)c1. The van der Waals surface area contributed by atoms with Crippen molar-refractivity contribution in [3.05, 3.63) is 81.3 Å². The van der Waals surface area contributed by atoms with Gasteiger partial charge < -0.3 is 10.1 Å². The Morgan fingerprint density at radius 2 is 2.04 bits per heavy atom. The first-order valence-electron chi connectivity index (χ1n) is 8.83. The molecule has 1 aliphatic rings. The molecule has 2 aromatic carbocycles. The normalized spacial score (nSPS) is 15.0. The Morgan fingerprint density at radius 3 is 2.70 bits per heavy atom. The molecular weight excluding hydrogens is 380 g/mol. The highest BCUT2D eigenvalue weighted by molar-refractivity contribution is 7.07. The van der Waals surface area contributed by atoms with Crippen molar-refractivity contribution in [2.45, 2.75) is 31.4 Å². The topological polar surface area (TPSA) is 51.2 Å². The average molecular weight is 399 g/mol. The number of amides is 1. The smallest absolute Gasteiger partial charge is 0.252 e. The molecule has 4 nitrogen and oxygen atoms in total. The van der Waals surface area contributed by atoms with Crippen molar-refractivity contribution >= 4 is 28.8 Å². The third-order valence-electron chi connectivity index (χ3n) is 4.92. The number of benzene rings is 2. The summed E-state index contributed by atoms with van der Waals surface area (Å²) in [5, 5.41) is 5.88. The highest BCUT2D eigenvalue weighted by atomic mass is 35.5. The van der Waals surface area contributed by atoms with Crippen molar-refractivity contribution in [1.82, 2.24) is 10.3 Å². The minimum absolute atomic E-state index is 0.0937. The monoisotopic (exact) mass is 398 g/mol. The zero-order valence-corrected chi connectivity index (χ0v) is 16.2. The number of rotatable bonds is 6. The lowest BCUT2D eigenvalue weighted by Gasteiger charge is -2.43. The Labute approximate surface area is 167 Å². The predicted octanol–water partition coefficient (Wildman–Crippen LogP) is 5.18. The summed E-state index contributed by atoms with van der Waals surface area (Å²) in [6, 6.07) is 15.0. The molecule has 1 amide bonds. The molecule has 0 spiro atoms. The van der Waals surface area contributed by atoms with Crippen LogP contribution in [0, 0.1) is 0 Å². The molecule has 138 valence electrons. The van der Waals surface area contributed by atoms with Gasteiger partial charge in [-0.3, -0.25) is 4.79 Å². The summed E-state index contributed by atoms with van der Waals surface area (Å²) < 4.78 is 5.76. The first kappa shape index (κ1) is 18.0. The standard InChI is InChI=1S/C21H19ClN2O2S/c22-17-7-5-16(6-8-17)21(9-2-10-21)24-20(25)15-3-1-4-19(11-15)26-12-18-13-27-14-23-18/h1,3-8,11,13-14H,2,9-10,12H2,(H,24,25). The number of aromatic nitrogens is 1. The zero-order chi connectivity index (χ0) is 18.7. The van der Waals surface area contributed by atoms with Gasteiger partial charge in [-0.15, -0.1) is 11.3 Å². The summed E-state index contributed by atoms with van der Waals surface area (Å²) in [6.07, 6.45) is 2.96. The van der Waals surface area contributed by atoms with Crippen molar-refractivity contribution < 1.29 is 9.53 Å². The van der Waals surface area contributed by atoms with Crippen molar-refractivity contribution in [1.29, 1.82) is 0 Å². The molecular formula is C21H19ClN2O2S. The second kappa shape index (κ2) is 7.71. The maximum Gasteiger partial charge on any atom is 0.252 e. The van der Waals surface area contributed by atoms with E-state index >= 15 is 0 Å². The van der Waals surface area contributed by atoms with E-state index < -0.39 is 0 Å². The molecule has 1 fully saturated rings. The van der Waals surface area contributed by atoms with Crippen molar-refractivity contribution in [2.24, 2.45) is 0 Å². The summed E-state index contributed by atoms with van der Waals surface area (Å²) >= 11 is 7.54. The number of carbonyl (C=O) groups excluding carboxylic acids is 1. The van der Waals surface area contributed by atoms with E-state index in [0.29, 0.717) is 22.9 Å². The van der Waals surface area contributed by atoms with Crippen LogP contribution in [0.3, 0.4) is 0 Å². The van der Waals surface area contributed by atoms with E-state index in [1.807, 2.05) is 41.8 Å². The fourth-order valence-corrected chi connectivity index (χ4v) is 3.94. The highest BCUT2D eigenvalue weighted by Crippen LogP contribution is 2.41. The summed E-state index contributed by atoms with van der Waals surface area (Å²) in [5.41, 5.74) is 4.04. The summed E-state index contributed by atoms with van der Waals surface area (Å²) in [5.74, 6) is 0.563. The van der Waals surface area contributed by atoms with E-state index in [4.69, 9.17) is 16.3 Å². The Bertz CT molecular complexity index is 922. The van der Waals surface area contributed by atoms with Gasteiger partial charge in [0.2, 0.25) is 0 Å². The molecule has 1 aliphatic carbocycles. The Balaban J connectivity index is 1.47. The fraction of sp³-hybridized carbons (Fsp3) is 0.238. The van der Waals surface area contributed by atoms with Crippen LogP contribution >= 0.6 is 22.9 Å². The predicted molar refractivity (Wildman–Crippen MR) is 107 cm³/mol. The van der Waals surface area contributed by atoms with Gasteiger partial charge in [-0.05, 0) is 55.2 Å². The lowest BCUT2D eigenvalue weighted by molar-refractivity contribution is 0.0823. The summed E-state index contributed by atoms with van der Waals surface area (Å²) in [7, 11) is 0.